The van der Waals surface area contributed by atoms with Gasteiger partial charge in [-0.3, -0.25) is 4.57 Å². The molecule has 0 bridgehead atoms. The van der Waals surface area contributed by atoms with Crippen molar-refractivity contribution in [3.05, 3.63) is 211 Å². The first-order valence-corrected chi connectivity index (χ1v) is 22.5. The maximum absolute atomic E-state index is 5.60. The Kier molecular flexibility index (Phi) is 8.64. The Morgan fingerprint density at radius 2 is 0.922 bits per heavy atom. The van der Waals surface area contributed by atoms with Gasteiger partial charge in [-0.15, -0.1) is 0 Å². The Hall–Kier alpha value is -7.88. The van der Waals surface area contributed by atoms with Gasteiger partial charge >= 0.3 is 0 Å². The van der Waals surface area contributed by atoms with E-state index in [0.717, 1.165) is 38.8 Å². The molecule has 0 unspecified atom stereocenters. The largest absolute Gasteiger partial charge is 0.277 e. The van der Waals surface area contributed by atoms with E-state index in [1.54, 1.807) is 0 Å². The highest BCUT2D eigenvalue weighted by atomic mass is 15.2. The zero-order valence-electron chi connectivity index (χ0n) is 36.4. The Bertz CT molecular complexity index is 3830. The van der Waals surface area contributed by atoms with Crippen molar-refractivity contribution in [1.82, 2.24) is 14.5 Å². The van der Waals surface area contributed by atoms with Crippen LogP contribution in [0.4, 0.5) is 0 Å². The minimum absolute atomic E-state index is 0.116. The number of fused-ring (bicyclic) bond motifs is 12. The van der Waals surface area contributed by atoms with Gasteiger partial charge in [0, 0.05) is 38.1 Å². The fourth-order valence-corrected chi connectivity index (χ4v) is 10.6. The summed E-state index contributed by atoms with van der Waals surface area (Å²) < 4.78 is 2.35. The second-order valence-corrected chi connectivity index (χ2v) is 17.3. The summed E-state index contributed by atoms with van der Waals surface area (Å²) in [5.74, 6) is 0.652. The quantitative estimate of drug-likeness (QED) is 0.177. The van der Waals surface area contributed by atoms with Crippen molar-refractivity contribution in [3.8, 4) is 50.6 Å². The summed E-state index contributed by atoms with van der Waals surface area (Å²) in [6.07, 6.45) is 0. The molecule has 0 N–H and O–H groups in total. The van der Waals surface area contributed by atoms with Crippen LogP contribution in [0.15, 0.2) is 200 Å². The Morgan fingerprint density at radius 3 is 1.72 bits per heavy atom. The van der Waals surface area contributed by atoms with Crippen LogP contribution in [0.2, 0.25) is 0 Å². The highest BCUT2D eigenvalue weighted by Gasteiger charge is 2.36. The molecular formula is C61H45N3. The molecule has 0 saturated carbocycles. The molecule has 64 heavy (non-hydrogen) atoms. The van der Waals surface area contributed by atoms with E-state index in [0.29, 0.717) is 5.95 Å². The zero-order chi connectivity index (χ0) is 43.1. The van der Waals surface area contributed by atoms with Gasteiger partial charge in [0.15, 0.2) is 0 Å². The summed E-state index contributed by atoms with van der Waals surface area (Å²) >= 11 is 0. The average Bonchev–Trinajstić information content (AvgIpc) is 3.82. The maximum atomic E-state index is 5.60. The number of rotatable bonds is 4. The van der Waals surface area contributed by atoms with E-state index >= 15 is 0 Å². The van der Waals surface area contributed by atoms with Crippen LogP contribution in [0, 0.1) is 0 Å². The number of para-hydroxylation sites is 2. The third-order valence-electron chi connectivity index (χ3n) is 13.6. The third-order valence-corrected chi connectivity index (χ3v) is 13.6. The number of benzene rings is 10. The molecule has 0 spiro atoms. The Balaban J connectivity index is 0.00000214. The van der Waals surface area contributed by atoms with Gasteiger partial charge in [0.2, 0.25) is 5.95 Å². The van der Waals surface area contributed by atoms with Gasteiger partial charge in [-0.25, -0.2) is 9.97 Å². The molecule has 0 radical (unpaired) electrons. The standard InChI is InChI=1S/C59H39N3.C2H6/c1-59(2)51-33-31-41(35-50(51)54-44-18-7-4-14-37(44)30-34-52(54)59)46-22-12-23-47-48-32-29-38-15-5-8-19-45(38)56(48)62(57(46)47)58-60-53-24-10-9-20-49(53)55(61-58)40-27-25-39(26-28-40)43-21-11-16-36-13-3-6-17-42(36)43;1-2/h3-35H,1-2H3;1-2H3. The molecule has 2 heterocycles. The molecule has 0 atom stereocenters. The molecule has 3 heteroatoms. The highest BCUT2D eigenvalue weighted by molar-refractivity contribution is 6.21. The molecule has 3 nitrogen and oxygen atoms in total. The average molecular weight is 820 g/mol. The minimum atomic E-state index is -0.116. The lowest BCUT2D eigenvalue weighted by Gasteiger charge is -2.21. The van der Waals surface area contributed by atoms with Crippen LogP contribution in [-0.4, -0.2) is 14.5 Å². The molecule has 0 saturated heterocycles. The van der Waals surface area contributed by atoms with Crippen LogP contribution in [-0.2, 0) is 5.41 Å². The Morgan fingerprint density at radius 1 is 0.375 bits per heavy atom. The van der Waals surface area contributed by atoms with Gasteiger partial charge in [-0.1, -0.05) is 216 Å². The van der Waals surface area contributed by atoms with E-state index in [9.17, 15) is 0 Å². The van der Waals surface area contributed by atoms with Crippen LogP contribution in [0.3, 0.4) is 0 Å². The van der Waals surface area contributed by atoms with E-state index in [1.807, 2.05) is 13.8 Å². The van der Waals surface area contributed by atoms with E-state index < -0.39 is 0 Å². The fraction of sp³-hybridized carbons (Fsp3) is 0.0820. The van der Waals surface area contributed by atoms with Crippen molar-refractivity contribution in [1.29, 1.82) is 0 Å². The first-order chi connectivity index (χ1) is 31.5. The smallest absolute Gasteiger partial charge is 0.235 e. The van der Waals surface area contributed by atoms with Crippen LogP contribution >= 0.6 is 0 Å². The monoisotopic (exact) mass is 819 g/mol. The SMILES string of the molecule is CC.CC1(C)c2ccc(-c3cccc4c5ccc6ccccc6c5n(-c5nc(-c6ccc(-c7cccc8ccccc78)cc6)c6ccccc6n5)c34)cc2-c2c1ccc1ccccc21. The van der Waals surface area contributed by atoms with Gasteiger partial charge < -0.3 is 0 Å². The summed E-state index contributed by atoms with van der Waals surface area (Å²) in [6, 6.07) is 73.0. The van der Waals surface area contributed by atoms with Crippen molar-refractivity contribution >= 4 is 65.0 Å². The third kappa shape index (κ3) is 5.60. The van der Waals surface area contributed by atoms with Crippen molar-refractivity contribution in [2.75, 3.05) is 0 Å². The number of aromatic nitrogens is 3. The molecule has 13 rings (SSSR count). The second kappa shape index (κ2) is 14.6. The maximum Gasteiger partial charge on any atom is 0.235 e. The summed E-state index contributed by atoms with van der Waals surface area (Å²) in [5, 5.41) is 10.8. The molecule has 0 aliphatic heterocycles. The summed E-state index contributed by atoms with van der Waals surface area (Å²) in [4.78, 5) is 11.0. The molecule has 10 aromatic carbocycles. The zero-order valence-corrected chi connectivity index (χ0v) is 36.4. The van der Waals surface area contributed by atoms with Crippen molar-refractivity contribution in [2.24, 2.45) is 0 Å². The normalized spacial score (nSPS) is 12.8. The predicted octanol–water partition coefficient (Wildman–Crippen LogP) is 16.5. The van der Waals surface area contributed by atoms with E-state index in [4.69, 9.17) is 9.97 Å². The van der Waals surface area contributed by atoms with Gasteiger partial charge in [0.1, 0.15) is 0 Å². The molecular weight excluding hydrogens is 775 g/mol. The first kappa shape index (κ1) is 37.8. The second-order valence-electron chi connectivity index (χ2n) is 17.3. The lowest BCUT2D eigenvalue weighted by atomic mass is 9.82. The molecule has 1 aliphatic carbocycles. The summed E-state index contributed by atoms with van der Waals surface area (Å²) in [7, 11) is 0. The number of nitrogens with zero attached hydrogens (tertiary/aromatic N) is 3. The Labute approximate surface area is 372 Å². The molecule has 0 amide bonds. The van der Waals surface area contributed by atoms with Crippen molar-refractivity contribution < 1.29 is 0 Å². The van der Waals surface area contributed by atoms with Crippen molar-refractivity contribution in [3.63, 3.8) is 0 Å². The van der Waals surface area contributed by atoms with E-state index in [1.165, 1.54) is 82.0 Å². The first-order valence-electron chi connectivity index (χ1n) is 22.5. The van der Waals surface area contributed by atoms with E-state index in [2.05, 4.69) is 219 Å². The predicted molar refractivity (Wildman–Crippen MR) is 272 cm³/mol. The van der Waals surface area contributed by atoms with Gasteiger partial charge in [-0.05, 0) is 78.0 Å². The van der Waals surface area contributed by atoms with Crippen LogP contribution in [0.25, 0.3) is 116 Å². The molecule has 0 fully saturated rings. The van der Waals surface area contributed by atoms with Crippen LogP contribution in [0.5, 0.6) is 0 Å². The molecule has 1 aliphatic rings. The lowest BCUT2D eigenvalue weighted by Crippen LogP contribution is -2.14. The summed E-state index contributed by atoms with van der Waals surface area (Å²) in [6.45, 7) is 8.73. The van der Waals surface area contributed by atoms with Crippen LogP contribution in [0.1, 0.15) is 38.8 Å². The number of hydrogen-bond acceptors (Lipinski definition) is 2. The van der Waals surface area contributed by atoms with Gasteiger partial charge in [0.25, 0.3) is 0 Å². The fourth-order valence-electron chi connectivity index (χ4n) is 10.6. The molecule has 2 aromatic heterocycles. The number of hydrogen-bond donors (Lipinski definition) is 0. The lowest BCUT2D eigenvalue weighted by molar-refractivity contribution is 0.661. The summed E-state index contributed by atoms with van der Waals surface area (Å²) in [5.41, 5.74) is 15.1. The van der Waals surface area contributed by atoms with Crippen LogP contribution < -0.4 is 0 Å². The van der Waals surface area contributed by atoms with Crippen molar-refractivity contribution in [2.45, 2.75) is 33.1 Å². The van der Waals surface area contributed by atoms with E-state index in [-0.39, 0.29) is 5.41 Å². The molecule has 12 aromatic rings. The van der Waals surface area contributed by atoms with Gasteiger partial charge in [0.05, 0.1) is 22.2 Å². The topological polar surface area (TPSA) is 30.7 Å². The van der Waals surface area contributed by atoms with Gasteiger partial charge in [-0.2, -0.15) is 0 Å². The minimum Gasteiger partial charge on any atom is -0.277 e. The highest BCUT2D eigenvalue weighted by Crippen LogP contribution is 2.53. The molecule has 304 valence electrons.